The summed E-state index contributed by atoms with van der Waals surface area (Å²) in [5.74, 6) is 0. The first kappa shape index (κ1) is 10.1. The van der Waals surface area contributed by atoms with Gasteiger partial charge in [-0.15, -0.1) is 0 Å². The van der Waals surface area contributed by atoms with Crippen molar-refractivity contribution in [2.75, 3.05) is 0 Å². The maximum absolute atomic E-state index is 4.45. The lowest BCUT2D eigenvalue weighted by atomic mass is 10.2. The van der Waals surface area contributed by atoms with Gasteiger partial charge in [-0.1, -0.05) is 18.2 Å². The molecule has 90 valence electrons. The standard InChI is InChI=1S/C14H9N5/c1-3-10-4-2-6-16-13(10)12(5-1)19-9-18-11-7-15-8-17-14(11)19/h1-9H. The van der Waals surface area contributed by atoms with Gasteiger partial charge < -0.3 is 0 Å². The number of hydrogen-bond acceptors (Lipinski definition) is 4. The average Bonchev–Trinajstić information content (AvgIpc) is 2.90. The van der Waals surface area contributed by atoms with Crippen LogP contribution in [-0.2, 0) is 0 Å². The lowest BCUT2D eigenvalue weighted by Crippen LogP contribution is -1.96. The summed E-state index contributed by atoms with van der Waals surface area (Å²) in [5, 5.41) is 1.09. The first-order valence-electron chi connectivity index (χ1n) is 5.91. The zero-order valence-corrected chi connectivity index (χ0v) is 9.93. The van der Waals surface area contributed by atoms with E-state index < -0.39 is 0 Å². The van der Waals surface area contributed by atoms with E-state index in [0.29, 0.717) is 0 Å². The van der Waals surface area contributed by atoms with Gasteiger partial charge in [0.2, 0.25) is 0 Å². The number of nitrogens with zero attached hydrogens (tertiary/aromatic N) is 5. The van der Waals surface area contributed by atoms with Crippen LogP contribution in [0.15, 0.2) is 55.4 Å². The van der Waals surface area contributed by atoms with Gasteiger partial charge in [0.1, 0.15) is 18.2 Å². The Morgan fingerprint density at radius 3 is 2.89 bits per heavy atom. The van der Waals surface area contributed by atoms with Crippen molar-refractivity contribution in [2.45, 2.75) is 0 Å². The molecule has 0 aliphatic rings. The normalized spacial score (nSPS) is 11.2. The maximum atomic E-state index is 4.45. The molecule has 0 saturated heterocycles. The predicted molar refractivity (Wildman–Crippen MR) is 72.0 cm³/mol. The SMILES string of the molecule is c1cnc2c(-n3cnc4cncnc43)cccc2c1. The molecule has 0 atom stereocenters. The van der Waals surface area contributed by atoms with Crippen LogP contribution in [0.25, 0.3) is 27.8 Å². The molecule has 0 amide bonds. The van der Waals surface area contributed by atoms with Crippen LogP contribution in [0, 0.1) is 0 Å². The summed E-state index contributed by atoms with van der Waals surface area (Å²) < 4.78 is 1.94. The zero-order chi connectivity index (χ0) is 12.7. The molecule has 4 rings (SSSR count). The fourth-order valence-electron chi connectivity index (χ4n) is 2.23. The second-order valence-electron chi connectivity index (χ2n) is 4.20. The van der Waals surface area contributed by atoms with Crippen molar-refractivity contribution in [3.05, 3.63) is 55.4 Å². The minimum Gasteiger partial charge on any atom is -0.281 e. The van der Waals surface area contributed by atoms with Crippen LogP contribution in [0.1, 0.15) is 0 Å². The van der Waals surface area contributed by atoms with Crippen LogP contribution < -0.4 is 0 Å². The molecule has 0 radical (unpaired) electrons. The summed E-state index contributed by atoms with van der Waals surface area (Å²) in [6.07, 6.45) is 6.78. The topological polar surface area (TPSA) is 56.5 Å². The van der Waals surface area contributed by atoms with Gasteiger partial charge >= 0.3 is 0 Å². The second kappa shape index (κ2) is 3.84. The number of imidazole rings is 1. The van der Waals surface area contributed by atoms with Gasteiger partial charge in [0.05, 0.1) is 17.4 Å². The highest BCUT2D eigenvalue weighted by Gasteiger charge is 2.09. The maximum Gasteiger partial charge on any atom is 0.167 e. The van der Waals surface area contributed by atoms with E-state index in [1.54, 1.807) is 18.7 Å². The Balaban J connectivity index is 2.10. The fraction of sp³-hybridized carbons (Fsp3) is 0. The largest absolute Gasteiger partial charge is 0.281 e. The number of benzene rings is 1. The number of pyridine rings is 1. The van der Waals surface area contributed by atoms with Crippen molar-refractivity contribution in [1.29, 1.82) is 0 Å². The number of fused-ring (bicyclic) bond motifs is 2. The monoisotopic (exact) mass is 247 g/mol. The third-order valence-electron chi connectivity index (χ3n) is 3.08. The molecule has 0 aliphatic heterocycles. The highest BCUT2D eigenvalue weighted by molar-refractivity contribution is 5.88. The summed E-state index contributed by atoms with van der Waals surface area (Å²) >= 11 is 0. The van der Waals surface area contributed by atoms with E-state index >= 15 is 0 Å². The van der Waals surface area contributed by atoms with Crippen molar-refractivity contribution >= 4 is 22.1 Å². The van der Waals surface area contributed by atoms with Gasteiger partial charge in [-0.3, -0.25) is 9.55 Å². The second-order valence-corrected chi connectivity index (χ2v) is 4.20. The number of aromatic nitrogens is 5. The van der Waals surface area contributed by atoms with E-state index in [1.807, 2.05) is 34.9 Å². The van der Waals surface area contributed by atoms with Crippen molar-refractivity contribution in [3.63, 3.8) is 0 Å². The summed E-state index contributed by atoms with van der Waals surface area (Å²) in [6.45, 7) is 0. The van der Waals surface area contributed by atoms with Crippen LogP contribution >= 0.6 is 0 Å². The van der Waals surface area contributed by atoms with E-state index in [9.17, 15) is 0 Å². The van der Waals surface area contributed by atoms with Gasteiger partial charge in [-0.25, -0.2) is 15.0 Å². The van der Waals surface area contributed by atoms with Gasteiger partial charge in [0.15, 0.2) is 5.65 Å². The van der Waals surface area contributed by atoms with Crippen molar-refractivity contribution in [3.8, 4) is 5.69 Å². The van der Waals surface area contributed by atoms with Gasteiger partial charge in [0.25, 0.3) is 0 Å². The summed E-state index contributed by atoms with van der Waals surface area (Å²) in [4.78, 5) is 17.0. The Hall–Kier alpha value is -2.82. The van der Waals surface area contributed by atoms with Crippen LogP contribution in [0.4, 0.5) is 0 Å². The molecule has 19 heavy (non-hydrogen) atoms. The number of hydrogen-bond donors (Lipinski definition) is 0. The quantitative estimate of drug-likeness (QED) is 0.518. The Morgan fingerprint density at radius 2 is 1.89 bits per heavy atom. The number of para-hydroxylation sites is 1. The van der Waals surface area contributed by atoms with Crippen molar-refractivity contribution < 1.29 is 0 Å². The summed E-state index contributed by atoms with van der Waals surface area (Å²) in [6, 6.07) is 10.0. The number of rotatable bonds is 1. The molecule has 1 aromatic carbocycles. The first-order chi connectivity index (χ1) is 9.43. The molecule has 0 unspecified atom stereocenters. The van der Waals surface area contributed by atoms with Gasteiger partial charge in [0, 0.05) is 11.6 Å². The molecule has 0 spiro atoms. The first-order valence-corrected chi connectivity index (χ1v) is 5.91. The van der Waals surface area contributed by atoms with Crippen LogP contribution in [0.2, 0.25) is 0 Å². The summed E-state index contributed by atoms with van der Waals surface area (Å²) in [7, 11) is 0. The molecule has 0 N–H and O–H groups in total. The molecular formula is C14H9N5. The molecule has 4 aromatic rings. The molecule has 0 fully saturated rings. The molecule has 0 saturated carbocycles. The van der Waals surface area contributed by atoms with Crippen molar-refractivity contribution in [1.82, 2.24) is 24.5 Å². The Bertz CT molecular complexity index is 876. The van der Waals surface area contributed by atoms with Crippen LogP contribution in [0.5, 0.6) is 0 Å². The highest BCUT2D eigenvalue weighted by Crippen LogP contribution is 2.22. The van der Waals surface area contributed by atoms with Gasteiger partial charge in [-0.05, 0) is 12.1 Å². The lowest BCUT2D eigenvalue weighted by Gasteiger charge is -2.06. The average molecular weight is 247 g/mol. The van der Waals surface area contributed by atoms with Crippen LogP contribution in [0.3, 0.4) is 0 Å². The molecular weight excluding hydrogens is 238 g/mol. The smallest absolute Gasteiger partial charge is 0.167 e. The third-order valence-corrected chi connectivity index (χ3v) is 3.08. The van der Waals surface area contributed by atoms with E-state index in [2.05, 4.69) is 19.9 Å². The van der Waals surface area contributed by atoms with Crippen molar-refractivity contribution in [2.24, 2.45) is 0 Å². The van der Waals surface area contributed by atoms with Gasteiger partial charge in [-0.2, -0.15) is 0 Å². The highest BCUT2D eigenvalue weighted by atomic mass is 15.1. The Kier molecular flexibility index (Phi) is 2.05. The molecule has 0 bridgehead atoms. The minimum absolute atomic E-state index is 0.774. The van der Waals surface area contributed by atoms with E-state index in [-0.39, 0.29) is 0 Å². The van der Waals surface area contributed by atoms with Crippen LogP contribution in [-0.4, -0.2) is 24.5 Å². The molecule has 0 aliphatic carbocycles. The third kappa shape index (κ3) is 1.48. The predicted octanol–water partition coefficient (Wildman–Crippen LogP) is 2.36. The molecule has 5 nitrogen and oxygen atoms in total. The fourth-order valence-corrected chi connectivity index (χ4v) is 2.23. The van der Waals surface area contributed by atoms with E-state index in [0.717, 1.165) is 27.8 Å². The molecule has 3 aromatic heterocycles. The minimum atomic E-state index is 0.774. The Labute approximate surface area is 108 Å². The molecule has 5 heteroatoms. The van der Waals surface area contributed by atoms with E-state index in [1.165, 1.54) is 6.33 Å². The van der Waals surface area contributed by atoms with E-state index in [4.69, 9.17) is 0 Å². The zero-order valence-electron chi connectivity index (χ0n) is 9.93. The lowest BCUT2D eigenvalue weighted by molar-refractivity contribution is 1.06. The summed E-state index contributed by atoms with van der Waals surface area (Å²) in [5.41, 5.74) is 3.46. The molecule has 3 heterocycles. The Morgan fingerprint density at radius 1 is 0.947 bits per heavy atom.